The van der Waals surface area contributed by atoms with E-state index < -0.39 is 0 Å². The van der Waals surface area contributed by atoms with E-state index in [2.05, 4.69) is 53.8 Å². The van der Waals surface area contributed by atoms with Crippen molar-refractivity contribution in [2.24, 2.45) is 0 Å². The monoisotopic (exact) mass is 277 g/mol. The molecule has 0 unspecified atom stereocenters. The molecule has 1 aromatic rings. The third-order valence-corrected chi connectivity index (χ3v) is 3.30. The average molecular weight is 277 g/mol. The summed E-state index contributed by atoms with van der Waals surface area (Å²) in [5.41, 5.74) is 2.45. The van der Waals surface area contributed by atoms with Gasteiger partial charge in [0.05, 0.1) is 0 Å². The first-order chi connectivity index (χ1) is 9.65. The molecule has 1 rings (SSSR count). The fraction of sp³-hybridized carbons (Fsp3) is 0.562. The number of carbonyl (C=O) groups excluding carboxylic acids is 1. The van der Waals surface area contributed by atoms with E-state index in [-0.39, 0.29) is 5.91 Å². The van der Waals surface area contributed by atoms with Crippen LogP contribution in [0, 0.1) is 0 Å². The van der Waals surface area contributed by atoms with E-state index in [0.717, 1.165) is 31.6 Å². The molecule has 0 saturated carbocycles. The molecule has 0 bridgehead atoms. The number of hydrogen-bond donors (Lipinski definition) is 2. The van der Waals surface area contributed by atoms with Gasteiger partial charge in [0.15, 0.2) is 0 Å². The van der Waals surface area contributed by atoms with Crippen LogP contribution in [0.3, 0.4) is 0 Å². The Bertz CT molecular complexity index is 406. The molecule has 1 amide bonds. The molecule has 4 nitrogen and oxygen atoms in total. The second kappa shape index (κ2) is 9.50. The Labute approximate surface area is 122 Å². The predicted octanol–water partition coefficient (Wildman–Crippen LogP) is 1.75. The largest absolute Gasteiger partial charge is 0.352 e. The summed E-state index contributed by atoms with van der Waals surface area (Å²) in [7, 11) is 4.01. The predicted molar refractivity (Wildman–Crippen MR) is 83.5 cm³/mol. The standard InChI is InChI=1S/C16H27N3O/c1-4-19(3)13-15-8-5-7-14(11-15)12-18-16(20)9-6-10-17-2/h5,7-8,11,17H,4,6,9-10,12-13H2,1-3H3,(H,18,20). The van der Waals surface area contributed by atoms with E-state index in [1.807, 2.05) is 7.05 Å². The van der Waals surface area contributed by atoms with Gasteiger partial charge in [-0.05, 0) is 44.7 Å². The fourth-order valence-corrected chi connectivity index (χ4v) is 1.98. The molecule has 0 fully saturated rings. The van der Waals surface area contributed by atoms with Crippen LogP contribution in [-0.4, -0.2) is 38.0 Å². The van der Waals surface area contributed by atoms with Crippen LogP contribution in [0.25, 0.3) is 0 Å². The van der Waals surface area contributed by atoms with E-state index in [0.29, 0.717) is 13.0 Å². The lowest BCUT2D eigenvalue weighted by atomic mass is 10.1. The molecule has 0 saturated heterocycles. The van der Waals surface area contributed by atoms with Crippen molar-refractivity contribution < 1.29 is 4.79 Å². The zero-order valence-electron chi connectivity index (χ0n) is 12.9. The van der Waals surface area contributed by atoms with Crippen molar-refractivity contribution in [1.82, 2.24) is 15.5 Å². The Morgan fingerprint density at radius 1 is 1.30 bits per heavy atom. The third kappa shape index (κ3) is 6.68. The van der Waals surface area contributed by atoms with Crippen LogP contribution in [0.4, 0.5) is 0 Å². The Balaban J connectivity index is 2.40. The van der Waals surface area contributed by atoms with Gasteiger partial charge in [-0.2, -0.15) is 0 Å². The Morgan fingerprint density at radius 3 is 2.75 bits per heavy atom. The van der Waals surface area contributed by atoms with Crippen molar-refractivity contribution in [2.45, 2.75) is 32.9 Å². The van der Waals surface area contributed by atoms with Gasteiger partial charge in [0.25, 0.3) is 0 Å². The van der Waals surface area contributed by atoms with E-state index in [1.54, 1.807) is 0 Å². The first-order valence-corrected chi connectivity index (χ1v) is 7.33. The first-order valence-electron chi connectivity index (χ1n) is 7.33. The first kappa shape index (κ1) is 16.7. The van der Waals surface area contributed by atoms with Crippen LogP contribution in [0.1, 0.15) is 30.9 Å². The summed E-state index contributed by atoms with van der Waals surface area (Å²) in [5, 5.41) is 6.02. The van der Waals surface area contributed by atoms with Crippen molar-refractivity contribution >= 4 is 5.91 Å². The Hall–Kier alpha value is -1.39. The van der Waals surface area contributed by atoms with E-state index >= 15 is 0 Å². The normalized spacial score (nSPS) is 10.8. The summed E-state index contributed by atoms with van der Waals surface area (Å²) in [6.07, 6.45) is 1.46. The summed E-state index contributed by atoms with van der Waals surface area (Å²) in [6.45, 7) is 5.62. The van der Waals surface area contributed by atoms with Crippen molar-refractivity contribution in [2.75, 3.05) is 27.2 Å². The lowest BCUT2D eigenvalue weighted by molar-refractivity contribution is -0.121. The van der Waals surface area contributed by atoms with Crippen LogP contribution >= 0.6 is 0 Å². The summed E-state index contributed by atoms with van der Waals surface area (Å²) in [6, 6.07) is 8.41. The van der Waals surface area contributed by atoms with Gasteiger partial charge in [-0.15, -0.1) is 0 Å². The second-order valence-corrected chi connectivity index (χ2v) is 5.13. The third-order valence-electron chi connectivity index (χ3n) is 3.30. The van der Waals surface area contributed by atoms with Crippen molar-refractivity contribution in [3.63, 3.8) is 0 Å². The molecule has 0 radical (unpaired) electrons. The smallest absolute Gasteiger partial charge is 0.220 e. The molecule has 4 heteroatoms. The van der Waals surface area contributed by atoms with Crippen molar-refractivity contribution in [3.05, 3.63) is 35.4 Å². The van der Waals surface area contributed by atoms with Crippen LogP contribution < -0.4 is 10.6 Å². The molecular formula is C16H27N3O. The molecule has 1 aromatic carbocycles. The fourth-order valence-electron chi connectivity index (χ4n) is 1.98. The summed E-state index contributed by atoms with van der Waals surface area (Å²) in [5.74, 6) is 0.122. The maximum Gasteiger partial charge on any atom is 0.220 e. The van der Waals surface area contributed by atoms with Crippen LogP contribution in [0.2, 0.25) is 0 Å². The average Bonchev–Trinajstić information content (AvgIpc) is 2.45. The molecule has 0 heterocycles. The Kier molecular flexibility index (Phi) is 7.92. The van der Waals surface area contributed by atoms with Crippen molar-refractivity contribution in [1.29, 1.82) is 0 Å². The topological polar surface area (TPSA) is 44.4 Å². The number of hydrogen-bond acceptors (Lipinski definition) is 3. The van der Waals surface area contributed by atoms with E-state index in [9.17, 15) is 4.79 Å². The molecule has 0 aromatic heterocycles. The zero-order chi connectivity index (χ0) is 14.8. The summed E-state index contributed by atoms with van der Waals surface area (Å²) in [4.78, 5) is 13.9. The number of nitrogens with zero attached hydrogens (tertiary/aromatic N) is 1. The number of benzene rings is 1. The Morgan fingerprint density at radius 2 is 2.05 bits per heavy atom. The zero-order valence-corrected chi connectivity index (χ0v) is 12.9. The van der Waals surface area contributed by atoms with Crippen LogP contribution in [0.15, 0.2) is 24.3 Å². The van der Waals surface area contributed by atoms with Gasteiger partial charge in [-0.1, -0.05) is 31.2 Å². The lowest BCUT2D eigenvalue weighted by Gasteiger charge is -2.14. The van der Waals surface area contributed by atoms with E-state index in [4.69, 9.17) is 0 Å². The molecule has 112 valence electrons. The molecular weight excluding hydrogens is 250 g/mol. The lowest BCUT2D eigenvalue weighted by Crippen LogP contribution is -2.23. The highest BCUT2D eigenvalue weighted by Crippen LogP contribution is 2.07. The second-order valence-electron chi connectivity index (χ2n) is 5.13. The molecule has 0 aliphatic heterocycles. The summed E-state index contributed by atoms with van der Waals surface area (Å²) >= 11 is 0. The van der Waals surface area contributed by atoms with Gasteiger partial charge in [-0.25, -0.2) is 0 Å². The molecule has 0 aliphatic rings. The minimum absolute atomic E-state index is 0.122. The number of nitrogens with one attached hydrogen (secondary N) is 2. The molecule has 2 N–H and O–H groups in total. The van der Waals surface area contributed by atoms with Crippen LogP contribution in [0.5, 0.6) is 0 Å². The van der Waals surface area contributed by atoms with Gasteiger partial charge >= 0.3 is 0 Å². The van der Waals surface area contributed by atoms with Gasteiger partial charge in [0, 0.05) is 19.5 Å². The summed E-state index contributed by atoms with van der Waals surface area (Å²) < 4.78 is 0. The van der Waals surface area contributed by atoms with E-state index in [1.165, 1.54) is 5.56 Å². The highest BCUT2D eigenvalue weighted by molar-refractivity contribution is 5.75. The SMILES string of the molecule is CCN(C)Cc1cccc(CNC(=O)CCCNC)c1. The van der Waals surface area contributed by atoms with Gasteiger partial charge < -0.3 is 15.5 Å². The molecule has 20 heavy (non-hydrogen) atoms. The highest BCUT2D eigenvalue weighted by Gasteiger charge is 2.02. The van der Waals surface area contributed by atoms with Gasteiger partial charge in [0.1, 0.15) is 0 Å². The minimum Gasteiger partial charge on any atom is -0.352 e. The molecule has 0 aliphatic carbocycles. The maximum absolute atomic E-state index is 11.7. The number of rotatable bonds is 9. The molecule has 0 spiro atoms. The maximum atomic E-state index is 11.7. The van der Waals surface area contributed by atoms with Gasteiger partial charge in [-0.3, -0.25) is 4.79 Å². The number of amides is 1. The molecule has 0 atom stereocenters. The minimum atomic E-state index is 0.122. The highest BCUT2D eigenvalue weighted by atomic mass is 16.1. The quantitative estimate of drug-likeness (QED) is 0.676. The van der Waals surface area contributed by atoms with Crippen LogP contribution in [-0.2, 0) is 17.9 Å². The number of carbonyl (C=O) groups is 1. The van der Waals surface area contributed by atoms with Gasteiger partial charge in [0.2, 0.25) is 5.91 Å². The van der Waals surface area contributed by atoms with Crippen molar-refractivity contribution in [3.8, 4) is 0 Å².